The van der Waals surface area contributed by atoms with Crippen molar-refractivity contribution in [1.82, 2.24) is 0 Å². The summed E-state index contributed by atoms with van der Waals surface area (Å²) in [6.07, 6.45) is 5.15. The fourth-order valence-corrected chi connectivity index (χ4v) is 4.60. The highest BCUT2D eigenvalue weighted by atomic mass is 16.5. The minimum Gasteiger partial charge on any atom is -0.494 e. The van der Waals surface area contributed by atoms with Gasteiger partial charge in [-0.15, -0.1) is 0 Å². The Morgan fingerprint density at radius 2 is 1.75 bits per heavy atom. The molecule has 1 aromatic rings. The third-order valence-electron chi connectivity index (χ3n) is 5.67. The first-order chi connectivity index (χ1) is 11.6. The Balaban J connectivity index is 1.53. The first-order valence-corrected chi connectivity index (χ1v) is 8.55. The van der Waals surface area contributed by atoms with E-state index in [0.29, 0.717) is 24.1 Å². The molecule has 0 heterocycles. The molecule has 24 heavy (non-hydrogen) atoms. The van der Waals surface area contributed by atoms with E-state index in [2.05, 4.69) is 11.4 Å². The van der Waals surface area contributed by atoms with Crippen LogP contribution in [-0.2, 0) is 9.59 Å². The largest absolute Gasteiger partial charge is 0.494 e. The van der Waals surface area contributed by atoms with Crippen molar-refractivity contribution in [3.8, 4) is 5.75 Å². The van der Waals surface area contributed by atoms with Crippen LogP contribution in [0.3, 0.4) is 0 Å². The van der Waals surface area contributed by atoms with Crippen molar-refractivity contribution in [3.05, 3.63) is 36.4 Å². The number of carbonyl (C=O) groups is 2. The van der Waals surface area contributed by atoms with Crippen molar-refractivity contribution in [2.24, 2.45) is 35.5 Å². The van der Waals surface area contributed by atoms with E-state index in [4.69, 9.17) is 4.74 Å². The summed E-state index contributed by atoms with van der Waals surface area (Å²) in [4.78, 5) is 24.6. The fourth-order valence-electron chi connectivity index (χ4n) is 4.60. The van der Waals surface area contributed by atoms with Crippen molar-refractivity contribution in [1.29, 1.82) is 0 Å². The molecular weight excluding hydrogens is 306 g/mol. The number of ether oxygens (including phenoxy) is 1. The topological polar surface area (TPSA) is 75.6 Å². The van der Waals surface area contributed by atoms with Crippen LogP contribution in [0, 0.1) is 35.5 Å². The monoisotopic (exact) mass is 327 g/mol. The van der Waals surface area contributed by atoms with E-state index >= 15 is 0 Å². The second-order valence-electron chi connectivity index (χ2n) is 6.94. The Morgan fingerprint density at radius 3 is 2.33 bits per heavy atom. The van der Waals surface area contributed by atoms with Gasteiger partial charge in [0.05, 0.1) is 18.4 Å². The third-order valence-corrected chi connectivity index (χ3v) is 5.67. The molecule has 5 rings (SSSR count). The molecule has 2 fully saturated rings. The maximum atomic E-state index is 12.8. The lowest BCUT2D eigenvalue weighted by atomic mass is 9.62. The zero-order chi connectivity index (χ0) is 16.8. The highest BCUT2D eigenvalue weighted by Gasteiger charge is 2.62. The van der Waals surface area contributed by atoms with Crippen molar-refractivity contribution < 1.29 is 19.4 Å². The normalized spacial score (nSPS) is 35.2. The van der Waals surface area contributed by atoms with E-state index in [-0.39, 0.29) is 17.7 Å². The summed E-state index contributed by atoms with van der Waals surface area (Å²) in [5.74, 6) is -0.346. The Kier molecular flexibility index (Phi) is 3.59. The number of amides is 1. The number of anilines is 1. The second-order valence-corrected chi connectivity index (χ2v) is 6.94. The van der Waals surface area contributed by atoms with Crippen LogP contribution < -0.4 is 10.1 Å². The maximum Gasteiger partial charge on any atom is 0.307 e. The summed E-state index contributed by atoms with van der Waals surface area (Å²) in [5.41, 5.74) is 0.672. The standard InChI is InChI=1S/C19H21NO4/c1-2-24-11-5-3-10(4-6-11)20-18(21)16-12-7-8-13(15-9-14(12)15)17(16)19(22)23/h3-8,12-17H,2,9H2,1H3,(H,20,21)(H,22,23)/t12-,13-,14+,15-,16+,17+/m0/s1. The molecule has 5 heteroatoms. The Bertz CT molecular complexity index is 696. The summed E-state index contributed by atoms with van der Waals surface area (Å²) in [5, 5.41) is 12.5. The molecule has 5 nitrogen and oxygen atoms in total. The van der Waals surface area contributed by atoms with Gasteiger partial charge in [0.2, 0.25) is 5.91 Å². The minimum absolute atomic E-state index is 0.00794. The van der Waals surface area contributed by atoms with Gasteiger partial charge >= 0.3 is 5.97 Å². The number of hydrogen-bond acceptors (Lipinski definition) is 3. The van der Waals surface area contributed by atoms with Gasteiger partial charge in [-0.1, -0.05) is 12.2 Å². The van der Waals surface area contributed by atoms with Crippen LogP contribution in [0.1, 0.15) is 13.3 Å². The first kappa shape index (κ1) is 15.2. The lowest BCUT2D eigenvalue weighted by Gasteiger charge is -2.41. The quantitative estimate of drug-likeness (QED) is 0.816. The molecule has 1 aromatic carbocycles. The second kappa shape index (κ2) is 5.65. The van der Waals surface area contributed by atoms with E-state index in [1.165, 1.54) is 0 Å². The number of hydrogen-bond donors (Lipinski definition) is 2. The average Bonchev–Trinajstić information content (AvgIpc) is 3.38. The highest BCUT2D eigenvalue weighted by molar-refractivity contribution is 5.96. The first-order valence-electron chi connectivity index (χ1n) is 8.55. The molecule has 4 aliphatic rings. The van der Waals surface area contributed by atoms with Crippen LogP contribution in [0.4, 0.5) is 5.69 Å². The number of fused-ring (bicyclic) bond motifs is 1. The summed E-state index contributed by atoms with van der Waals surface area (Å²) < 4.78 is 5.39. The molecule has 0 aliphatic heterocycles. The third kappa shape index (κ3) is 2.39. The van der Waals surface area contributed by atoms with Gasteiger partial charge in [-0.05, 0) is 61.3 Å². The number of benzene rings is 1. The Morgan fingerprint density at radius 1 is 1.12 bits per heavy atom. The number of allylic oxidation sites excluding steroid dienone is 2. The zero-order valence-corrected chi connectivity index (χ0v) is 13.5. The van der Waals surface area contributed by atoms with Crippen molar-refractivity contribution >= 4 is 17.6 Å². The molecular formula is C19H21NO4. The van der Waals surface area contributed by atoms with Gasteiger partial charge in [0.25, 0.3) is 0 Å². The molecule has 1 amide bonds. The number of rotatable bonds is 5. The minimum atomic E-state index is -0.855. The average molecular weight is 327 g/mol. The summed E-state index contributed by atoms with van der Waals surface area (Å²) in [7, 11) is 0. The summed E-state index contributed by atoms with van der Waals surface area (Å²) in [6, 6.07) is 7.18. The van der Waals surface area contributed by atoms with Gasteiger partial charge in [0, 0.05) is 5.69 Å². The van der Waals surface area contributed by atoms with Crippen LogP contribution in [0.15, 0.2) is 36.4 Å². The van der Waals surface area contributed by atoms with E-state index in [1.807, 2.05) is 13.0 Å². The highest BCUT2D eigenvalue weighted by Crippen LogP contribution is 2.63. The zero-order valence-electron chi connectivity index (χ0n) is 13.5. The summed E-state index contributed by atoms with van der Waals surface area (Å²) >= 11 is 0. The maximum absolute atomic E-state index is 12.8. The molecule has 0 spiro atoms. The molecule has 2 bridgehead atoms. The van der Waals surface area contributed by atoms with Crippen LogP contribution >= 0.6 is 0 Å². The molecule has 6 atom stereocenters. The van der Waals surface area contributed by atoms with Crippen molar-refractivity contribution in [2.45, 2.75) is 13.3 Å². The smallest absolute Gasteiger partial charge is 0.307 e. The van der Waals surface area contributed by atoms with Gasteiger partial charge in [0.1, 0.15) is 5.75 Å². The molecule has 2 N–H and O–H groups in total. The predicted octanol–water partition coefficient (Wildman–Crippen LogP) is 2.79. The van der Waals surface area contributed by atoms with Gasteiger partial charge in [-0.25, -0.2) is 0 Å². The van der Waals surface area contributed by atoms with E-state index in [0.717, 1.165) is 12.2 Å². The van der Waals surface area contributed by atoms with E-state index < -0.39 is 17.8 Å². The van der Waals surface area contributed by atoms with Crippen LogP contribution in [0.5, 0.6) is 5.75 Å². The van der Waals surface area contributed by atoms with Crippen LogP contribution in [0.25, 0.3) is 0 Å². The molecule has 0 unspecified atom stereocenters. The molecule has 0 aromatic heterocycles. The number of carboxylic acid groups (broad SMARTS) is 1. The number of carbonyl (C=O) groups excluding carboxylic acids is 1. The van der Waals surface area contributed by atoms with Gasteiger partial charge in [-0.2, -0.15) is 0 Å². The van der Waals surface area contributed by atoms with Crippen molar-refractivity contribution in [2.75, 3.05) is 11.9 Å². The van der Waals surface area contributed by atoms with Crippen LogP contribution in [0.2, 0.25) is 0 Å². The Labute approximate surface area is 140 Å². The van der Waals surface area contributed by atoms with Crippen molar-refractivity contribution in [3.63, 3.8) is 0 Å². The lowest BCUT2D eigenvalue weighted by Crippen LogP contribution is -2.48. The fraction of sp³-hybridized carbons (Fsp3) is 0.474. The predicted molar refractivity (Wildman–Crippen MR) is 88.6 cm³/mol. The SMILES string of the molecule is CCOc1ccc(NC(=O)[C@@H]2[C@H]3C=C[C@@H]([C@@H]4C[C@H]34)[C@H]2C(=O)O)cc1. The summed E-state index contributed by atoms with van der Waals surface area (Å²) in [6.45, 7) is 2.50. The Hall–Kier alpha value is -2.30. The van der Waals surface area contributed by atoms with Gasteiger partial charge < -0.3 is 15.2 Å². The molecule has 0 radical (unpaired) electrons. The van der Waals surface area contributed by atoms with E-state index in [1.54, 1.807) is 24.3 Å². The lowest BCUT2D eigenvalue weighted by molar-refractivity contribution is -0.152. The number of nitrogens with one attached hydrogen (secondary N) is 1. The molecule has 0 saturated heterocycles. The number of carboxylic acids is 1. The van der Waals surface area contributed by atoms with Crippen LogP contribution in [-0.4, -0.2) is 23.6 Å². The van der Waals surface area contributed by atoms with Gasteiger partial charge in [-0.3, -0.25) is 9.59 Å². The number of aliphatic carboxylic acids is 1. The van der Waals surface area contributed by atoms with Gasteiger partial charge in [0.15, 0.2) is 0 Å². The molecule has 126 valence electrons. The molecule has 4 aliphatic carbocycles. The van der Waals surface area contributed by atoms with E-state index in [9.17, 15) is 14.7 Å². The molecule has 2 saturated carbocycles.